The van der Waals surface area contributed by atoms with Gasteiger partial charge in [-0.25, -0.2) is 0 Å². The topological polar surface area (TPSA) is 97.0 Å². The molecule has 0 spiro atoms. The molecule has 1 aromatic rings. The van der Waals surface area contributed by atoms with Crippen LogP contribution in [0.25, 0.3) is 0 Å². The Hall–Kier alpha value is -2.20. The number of nitrogens with zero attached hydrogens (tertiary/aromatic N) is 1. The molecule has 34 heavy (non-hydrogen) atoms. The first-order chi connectivity index (χ1) is 16.4. The number of halogens is 1. The highest BCUT2D eigenvalue weighted by Gasteiger charge is 2.35. The maximum Gasteiger partial charge on any atom is 0.308 e. The number of amides is 2. The average Bonchev–Trinajstić information content (AvgIpc) is 2.82. The van der Waals surface area contributed by atoms with Gasteiger partial charge in [-0.3, -0.25) is 19.7 Å². The second-order valence-corrected chi connectivity index (χ2v) is 9.80. The number of esters is 1. The molecule has 1 aliphatic heterocycles. The van der Waals surface area contributed by atoms with Crippen LogP contribution in [-0.2, 0) is 14.3 Å². The van der Waals surface area contributed by atoms with Gasteiger partial charge in [-0.15, -0.1) is 0 Å². The van der Waals surface area contributed by atoms with Crippen molar-refractivity contribution in [3.63, 3.8) is 0 Å². The van der Waals surface area contributed by atoms with Crippen LogP contribution in [0, 0.1) is 0 Å². The van der Waals surface area contributed by atoms with Gasteiger partial charge in [-0.05, 0) is 78.5 Å². The minimum Gasteiger partial charge on any atom is -0.492 e. The summed E-state index contributed by atoms with van der Waals surface area (Å²) >= 11 is 8.89. The maximum absolute atomic E-state index is 12.8. The summed E-state index contributed by atoms with van der Waals surface area (Å²) in [5, 5.41) is 5.57. The Kier molecular flexibility index (Phi) is 10.1. The van der Waals surface area contributed by atoms with Gasteiger partial charge in [0, 0.05) is 18.7 Å². The van der Waals surface area contributed by atoms with Crippen molar-refractivity contribution in [2.24, 2.45) is 0 Å². The molecule has 2 N–H and O–H groups in total. The van der Waals surface area contributed by atoms with E-state index in [0.29, 0.717) is 35.5 Å². The summed E-state index contributed by atoms with van der Waals surface area (Å²) in [6, 6.07) is 4.24. The zero-order valence-electron chi connectivity index (χ0n) is 19.4. The Morgan fingerprint density at radius 2 is 2.03 bits per heavy atom. The number of rotatable bonds is 8. The van der Waals surface area contributed by atoms with Gasteiger partial charge in [0.25, 0.3) is 5.91 Å². The third-order valence-electron chi connectivity index (χ3n) is 5.97. The number of thiocarbonyl (C=S) groups is 1. The lowest BCUT2D eigenvalue weighted by Crippen LogP contribution is -2.60. The molecular formula is C24H32BrN3O5S. The number of carbonyl (C=O) groups is 3. The normalized spacial score (nSPS) is 18.7. The molecule has 0 radical (unpaired) electrons. The Morgan fingerprint density at radius 1 is 1.26 bits per heavy atom. The van der Waals surface area contributed by atoms with Crippen LogP contribution < -0.4 is 15.4 Å². The van der Waals surface area contributed by atoms with E-state index in [4.69, 9.17) is 21.7 Å². The van der Waals surface area contributed by atoms with E-state index < -0.39 is 17.9 Å². The Bertz CT molecular complexity index is 907. The van der Waals surface area contributed by atoms with Crippen LogP contribution in [0.4, 0.5) is 0 Å². The highest BCUT2D eigenvalue weighted by Crippen LogP contribution is 2.26. The fourth-order valence-corrected chi connectivity index (χ4v) is 4.87. The lowest BCUT2D eigenvalue weighted by molar-refractivity contribution is -0.153. The van der Waals surface area contributed by atoms with E-state index in [2.05, 4.69) is 33.5 Å². The molecule has 10 heteroatoms. The SMILES string of the molecule is CCCCOc1ccc(C(=O)NC(=S)N2CCNC(=O)C2CC(=O)OC2CCCCC2)cc1Br. The highest BCUT2D eigenvalue weighted by molar-refractivity contribution is 9.10. The zero-order chi connectivity index (χ0) is 24.5. The predicted molar refractivity (Wildman–Crippen MR) is 136 cm³/mol. The Balaban J connectivity index is 1.59. The molecule has 1 unspecified atom stereocenters. The molecule has 3 rings (SSSR count). The first kappa shape index (κ1) is 26.4. The average molecular weight is 555 g/mol. The van der Waals surface area contributed by atoms with E-state index in [-0.39, 0.29) is 23.5 Å². The summed E-state index contributed by atoms with van der Waals surface area (Å²) in [7, 11) is 0. The standard InChI is InChI=1S/C24H32BrN3O5S/c1-2-3-13-32-20-10-9-16(14-18(20)25)22(30)27-24(34)28-12-11-26-23(31)19(28)15-21(29)33-17-7-5-4-6-8-17/h9-10,14,17,19H,2-8,11-13,15H2,1H3,(H,26,31)(H,27,30,34). The van der Waals surface area contributed by atoms with Crippen molar-refractivity contribution in [2.75, 3.05) is 19.7 Å². The van der Waals surface area contributed by atoms with Crippen LogP contribution in [0.2, 0.25) is 0 Å². The van der Waals surface area contributed by atoms with Crippen LogP contribution in [0.1, 0.15) is 68.6 Å². The molecule has 1 aromatic carbocycles. The smallest absolute Gasteiger partial charge is 0.308 e. The lowest BCUT2D eigenvalue weighted by atomic mass is 9.98. The van der Waals surface area contributed by atoms with Crippen molar-refractivity contribution in [2.45, 2.75) is 70.4 Å². The van der Waals surface area contributed by atoms with Crippen molar-refractivity contribution >= 4 is 51.0 Å². The van der Waals surface area contributed by atoms with E-state index in [0.717, 1.165) is 44.9 Å². The third-order valence-corrected chi connectivity index (χ3v) is 6.93. The molecule has 1 saturated heterocycles. The van der Waals surface area contributed by atoms with E-state index in [1.165, 1.54) is 0 Å². The summed E-state index contributed by atoms with van der Waals surface area (Å²) in [5.41, 5.74) is 0.395. The number of nitrogens with one attached hydrogen (secondary N) is 2. The maximum atomic E-state index is 12.8. The Morgan fingerprint density at radius 3 is 2.74 bits per heavy atom. The molecule has 0 aromatic heterocycles. The lowest BCUT2D eigenvalue weighted by Gasteiger charge is -2.36. The largest absolute Gasteiger partial charge is 0.492 e. The van der Waals surface area contributed by atoms with E-state index in [9.17, 15) is 14.4 Å². The van der Waals surface area contributed by atoms with Crippen molar-refractivity contribution in [1.82, 2.24) is 15.5 Å². The molecule has 1 atom stereocenters. The summed E-state index contributed by atoms with van der Waals surface area (Å²) < 4.78 is 12.0. The number of hydrogen-bond donors (Lipinski definition) is 2. The molecule has 1 saturated carbocycles. The van der Waals surface area contributed by atoms with Crippen LogP contribution in [0.15, 0.2) is 22.7 Å². The van der Waals surface area contributed by atoms with Gasteiger partial charge in [0.1, 0.15) is 17.9 Å². The van der Waals surface area contributed by atoms with Gasteiger partial charge in [0.2, 0.25) is 5.91 Å². The number of unbranched alkanes of at least 4 members (excludes halogenated alkanes) is 1. The third kappa shape index (κ3) is 7.40. The van der Waals surface area contributed by atoms with E-state index in [1.54, 1.807) is 23.1 Å². The highest BCUT2D eigenvalue weighted by atomic mass is 79.9. The summed E-state index contributed by atoms with van der Waals surface area (Å²) in [6.45, 7) is 3.45. The molecule has 2 amide bonds. The van der Waals surface area contributed by atoms with Crippen molar-refractivity contribution in [1.29, 1.82) is 0 Å². The van der Waals surface area contributed by atoms with Gasteiger partial charge in [0.15, 0.2) is 5.11 Å². The molecule has 8 nitrogen and oxygen atoms in total. The first-order valence-electron chi connectivity index (χ1n) is 11.9. The predicted octanol–water partition coefficient (Wildman–Crippen LogP) is 3.71. The summed E-state index contributed by atoms with van der Waals surface area (Å²) in [6.07, 6.45) is 6.75. The molecule has 0 bridgehead atoms. The molecule has 186 valence electrons. The second kappa shape index (κ2) is 13.0. The number of ether oxygens (including phenoxy) is 2. The van der Waals surface area contributed by atoms with Gasteiger partial charge >= 0.3 is 5.97 Å². The molecular weight excluding hydrogens is 522 g/mol. The minimum absolute atomic E-state index is 0.0830. The van der Waals surface area contributed by atoms with E-state index >= 15 is 0 Å². The quantitative estimate of drug-likeness (QED) is 0.287. The second-order valence-electron chi connectivity index (χ2n) is 8.56. The monoisotopic (exact) mass is 553 g/mol. The van der Waals surface area contributed by atoms with Crippen molar-refractivity contribution in [3.8, 4) is 5.75 Å². The van der Waals surface area contributed by atoms with Crippen molar-refractivity contribution in [3.05, 3.63) is 28.2 Å². The van der Waals surface area contributed by atoms with E-state index in [1.807, 2.05) is 0 Å². The fraction of sp³-hybridized carbons (Fsp3) is 0.583. The van der Waals surface area contributed by atoms with Gasteiger partial charge in [-0.2, -0.15) is 0 Å². The van der Waals surface area contributed by atoms with Crippen LogP contribution in [0.5, 0.6) is 5.75 Å². The number of piperazine rings is 1. The van der Waals surface area contributed by atoms with Crippen LogP contribution in [0.3, 0.4) is 0 Å². The number of hydrogen-bond acceptors (Lipinski definition) is 6. The summed E-state index contributed by atoms with van der Waals surface area (Å²) in [4.78, 5) is 39.5. The molecule has 1 aliphatic carbocycles. The van der Waals surface area contributed by atoms with Crippen molar-refractivity contribution < 1.29 is 23.9 Å². The van der Waals surface area contributed by atoms with Gasteiger partial charge in [-0.1, -0.05) is 19.8 Å². The minimum atomic E-state index is -0.821. The fourth-order valence-electron chi connectivity index (χ4n) is 4.06. The van der Waals surface area contributed by atoms with Gasteiger partial charge < -0.3 is 19.7 Å². The zero-order valence-corrected chi connectivity index (χ0v) is 21.8. The first-order valence-corrected chi connectivity index (χ1v) is 13.1. The summed E-state index contributed by atoms with van der Waals surface area (Å²) in [5.74, 6) is -0.465. The Labute approximate surface area is 214 Å². The molecule has 1 heterocycles. The van der Waals surface area contributed by atoms with Crippen LogP contribution in [-0.4, -0.2) is 59.6 Å². The molecule has 2 fully saturated rings. The van der Waals surface area contributed by atoms with Crippen LogP contribution >= 0.6 is 28.1 Å². The molecule has 2 aliphatic rings. The van der Waals surface area contributed by atoms with Gasteiger partial charge in [0.05, 0.1) is 17.5 Å². The number of carbonyl (C=O) groups excluding carboxylic acids is 3. The number of benzene rings is 1.